The highest BCUT2D eigenvalue weighted by Crippen LogP contribution is 2.28. The van der Waals surface area contributed by atoms with Gasteiger partial charge >= 0.3 is 18.0 Å². The van der Waals surface area contributed by atoms with Gasteiger partial charge in [0.2, 0.25) is 0 Å². The number of esters is 1. The molecule has 1 aliphatic rings. The Morgan fingerprint density at radius 2 is 2.10 bits per heavy atom. The Morgan fingerprint density at radius 1 is 1.48 bits per heavy atom. The lowest BCUT2D eigenvalue weighted by Crippen LogP contribution is -2.55. The topological polar surface area (TPSA) is 105 Å². The predicted octanol–water partition coefficient (Wildman–Crippen LogP) is 0.0691. The number of nitrogens with zero attached hydrogens (tertiary/aromatic N) is 1. The summed E-state index contributed by atoms with van der Waals surface area (Å²) in [5, 5.41) is 11.9. The van der Waals surface area contributed by atoms with Crippen LogP contribution in [0.25, 0.3) is 0 Å². The molecule has 0 aromatic heterocycles. The smallest absolute Gasteiger partial charge is 0.325 e. The molecule has 0 radical (unpaired) electrons. The van der Waals surface area contributed by atoms with Crippen LogP contribution in [0, 0.1) is 5.41 Å². The molecule has 0 aromatic carbocycles. The zero-order valence-electron chi connectivity index (χ0n) is 12.7. The predicted molar refractivity (Wildman–Crippen MR) is 72.7 cm³/mol. The second-order valence-electron chi connectivity index (χ2n) is 5.54. The van der Waals surface area contributed by atoms with Crippen molar-refractivity contribution in [2.24, 2.45) is 5.41 Å². The highest BCUT2D eigenvalue weighted by molar-refractivity contribution is 5.83. The molecule has 0 spiro atoms. The number of urea groups is 1. The van der Waals surface area contributed by atoms with Gasteiger partial charge in [0.25, 0.3) is 0 Å². The summed E-state index contributed by atoms with van der Waals surface area (Å²) >= 11 is 0. The van der Waals surface area contributed by atoms with E-state index in [4.69, 9.17) is 4.74 Å². The molecule has 0 aromatic rings. The summed E-state index contributed by atoms with van der Waals surface area (Å²) in [6, 6.07) is -1.40. The SMILES string of the molecule is COC(=O)CN(C(=O)NC1COCC1(C)C(=O)O)C(C)C. The molecule has 21 heavy (non-hydrogen) atoms. The standard InChI is InChI=1S/C13H22N2O6/c1-8(2)15(5-10(16)20-4)12(19)14-9-6-21-7-13(9,3)11(17)18/h8-9H,5-7H2,1-4H3,(H,14,19)(H,17,18). The third-order valence-corrected chi connectivity index (χ3v) is 3.65. The van der Waals surface area contributed by atoms with Crippen molar-refractivity contribution in [1.82, 2.24) is 10.2 Å². The van der Waals surface area contributed by atoms with Crippen LogP contribution in [-0.4, -0.2) is 66.9 Å². The average molecular weight is 302 g/mol. The first-order chi connectivity index (χ1) is 9.72. The van der Waals surface area contributed by atoms with Gasteiger partial charge in [-0.1, -0.05) is 0 Å². The Kier molecular flexibility index (Phi) is 5.54. The van der Waals surface area contributed by atoms with Crippen molar-refractivity contribution >= 4 is 18.0 Å². The molecule has 1 saturated heterocycles. The van der Waals surface area contributed by atoms with E-state index in [-0.39, 0.29) is 25.8 Å². The summed E-state index contributed by atoms with van der Waals surface area (Å²) in [6.07, 6.45) is 0. The Bertz CT molecular complexity index is 425. The summed E-state index contributed by atoms with van der Waals surface area (Å²) < 4.78 is 9.72. The van der Waals surface area contributed by atoms with E-state index in [0.717, 1.165) is 0 Å². The van der Waals surface area contributed by atoms with E-state index in [1.165, 1.54) is 18.9 Å². The molecule has 2 N–H and O–H groups in total. The number of methoxy groups -OCH3 is 1. The van der Waals surface area contributed by atoms with E-state index in [1.807, 2.05) is 0 Å². The molecular formula is C13H22N2O6. The molecule has 1 rings (SSSR count). The van der Waals surface area contributed by atoms with Crippen LogP contribution in [0.5, 0.6) is 0 Å². The van der Waals surface area contributed by atoms with Gasteiger partial charge in [-0.3, -0.25) is 9.59 Å². The number of amides is 2. The lowest BCUT2D eigenvalue weighted by atomic mass is 9.85. The largest absolute Gasteiger partial charge is 0.481 e. The summed E-state index contributed by atoms with van der Waals surface area (Å²) in [6.45, 7) is 4.99. The van der Waals surface area contributed by atoms with Crippen LogP contribution in [0.4, 0.5) is 4.79 Å². The monoisotopic (exact) mass is 302 g/mol. The number of carbonyl (C=O) groups is 3. The van der Waals surface area contributed by atoms with E-state index in [1.54, 1.807) is 13.8 Å². The van der Waals surface area contributed by atoms with Crippen molar-refractivity contribution in [2.75, 3.05) is 26.9 Å². The Morgan fingerprint density at radius 3 is 2.57 bits per heavy atom. The molecule has 2 amide bonds. The van der Waals surface area contributed by atoms with Crippen LogP contribution in [-0.2, 0) is 19.1 Å². The highest BCUT2D eigenvalue weighted by Gasteiger charge is 2.47. The second-order valence-corrected chi connectivity index (χ2v) is 5.54. The number of carboxylic acid groups (broad SMARTS) is 1. The van der Waals surface area contributed by atoms with Gasteiger partial charge in [-0.05, 0) is 20.8 Å². The van der Waals surface area contributed by atoms with Gasteiger partial charge < -0.3 is 24.8 Å². The quantitative estimate of drug-likeness (QED) is 0.696. The molecule has 2 unspecified atom stereocenters. The van der Waals surface area contributed by atoms with E-state index in [9.17, 15) is 19.5 Å². The maximum Gasteiger partial charge on any atom is 0.325 e. The zero-order chi connectivity index (χ0) is 16.2. The fourth-order valence-corrected chi connectivity index (χ4v) is 2.01. The third-order valence-electron chi connectivity index (χ3n) is 3.65. The van der Waals surface area contributed by atoms with Gasteiger partial charge in [0.1, 0.15) is 12.0 Å². The first-order valence-electron chi connectivity index (χ1n) is 6.67. The number of carbonyl (C=O) groups excluding carboxylic acids is 2. The second kappa shape index (κ2) is 6.75. The van der Waals surface area contributed by atoms with Crippen LogP contribution >= 0.6 is 0 Å². The fourth-order valence-electron chi connectivity index (χ4n) is 2.01. The van der Waals surface area contributed by atoms with Gasteiger partial charge in [-0.2, -0.15) is 0 Å². The number of aliphatic carboxylic acids is 1. The number of hydrogen-bond donors (Lipinski definition) is 2. The van der Waals surface area contributed by atoms with Gasteiger partial charge in [0.15, 0.2) is 0 Å². The maximum atomic E-state index is 12.3. The van der Waals surface area contributed by atoms with E-state index in [2.05, 4.69) is 10.1 Å². The van der Waals surface area contributed by atoms with Crippen LogP contribution in [0.2, 0.25) is 0 Å². The maximum absolute atomic E-state index is 12.3. The molecule has 0 bridgehead atoms. The molecule has 1 aliphatic heterocycles. The van der Waals surface area contributed by atoms with Crippen molar-refractivity contribution in [3.8, 4) is 0 Å². The van der Waals surface area contributed by atoms with Crippen molar-refractivity contribution < 1.29 is 29.0 Å². The molecular weight excluding hydrogens is 280 g/mol. The van der Waals surface area contributed by atoms with E-state index in [0.29, 0.717) is 0 Å². The number of nitrogens with one attached hydrogen (secondary N) is 1. The minimum atomic E-state index is -1.18. The lowest BCUT2D eigenvalue weighted by molar-refractivity contribution is -0.148. The lowest BCUT2D eigenvalue weighted by Gasteiger charge is -2.31. The van der Waals surface area contributed by atoms with Crippen LogP contribution in [0.15, 0.2) is 0 Å². The molecule has 120 valence electrons. The van der Waals surface area contributed by atoms with Gasteiger partial charge in [0.05, 0.1) is 26.4 Å². The van der Waals surface area contributed by atoms with Crippen molar-refractivity contribution in [2.45, 2.75) is 32.9 Å². The van der Waals surface area contributed by atoms with Crippen LogP contribution < -0.4 is 5.32 Å². The zero-order valence-corrected chi connectivity index (χ0v) is 12.7. The molecule has 1 heterocycles. The first kappa shape index (κ1) is 17.2. The number of ether oxygens (including phenoxy) is 2. The summed E-state index contributed by atoms with van der Waals surface area (Å²) in [4.78, 5) is 36.2. The molecule has 8 heteroatoms. The minimum absolute atomic E-state index is 0.0337. The molecule has 0 aliphatic carbocycles. The Labute approximate surface area is 123 Å². The minimum Gasteiger partial charge on any atom is -0.481 e. The van der Waals surface area contributed by atoms with Crippen LogP contribution in [0.1, 0.15) is 20.8 Å². The van der Waals surface area contributed by atoms with Gasteiger partial charge in [-0.15, -0.1) is 0 Å². The van der Waals surface area contributed by atoms with Gasteiger partial charge in [0, 0.05) is 6.04 Å². The molecule has 1 fully saturated rings. The molecule has 8 nitrogen and oxygen atoms in total. The van der Waals surface area contributed by atoms with Crippen molar-refractivity contribution in [3.63, 3.8) is 0 Å². The summed E-state index contributed by atoms with van der Waals surface area (Å²) in [7, 11) is 1.24. The normalized spacial score (nSPS) is 24.7. The van der Waals surface area contributed by atoms with Crippen LogP contribution in [0.3, 0.4) is 0 Å². The first-order valence-corrected chi connectivity index (χ1v) is 6.67. The third kappa shape index (κ3) is 3.84. The van der Waals surface area contributed by atoms with Crippen molar-refractivity contribution in [1.29, 1.82) is 0 Å². The van der Waals surface area contributed by atoms with Crippen molar-refractivity contribution in [3.05, 3.63) is 0 Å². The van der Waals surface area contributed by atoms with E-state index < -0.39 is 29.4 Å². The summed E-state index contributed by atoms with van der Waals surface area (Å²) in [5.41, 5.74) is -1.18. The fraction of sp³-hybridized carbons (Fsp3) is 0.769. The molecule has 0 saturated carbocycles. The summed E-state index contributed by atoms with van der Waals surface area (Å²) in [5.74, 6) is -1.57. The molecule has 2 atom stereocenters. The average Bonchev–Trinajstić information content (AvgIpc) is 2.78. The Hall–Kier alpha value is -1.83. The van der Waals surface area contributed by atoms with Gasteiger partial charge in [-0.25, -0.2) is 4.79 Å². The highest BCUT2D eigenvalue weighted by atomic mass is 16.5. The number of rotatable bonds is 5. The van der Waals surface area contributed by atoms with E-state index >= 15 is 0 Å². The number of carboxylic acids is 1. The Balaban J connectivity index is 2.77. The number of hydrogen-bond acceptors (Lipinski definition) is 5.